The van der Waals surface area contributed by atoms with E-state index in [4.69, 9.17) is 0 Å². The van der Waals surface area contributed by atoms with Crippen LogP contribution < -0.4 is 4.72 Å². The third-order valence-corrected chi connectivity index (χ3v) is 6.23. The first-order chi connectivity index (χ1) is 11.9. The average Bonchev–Trinajstić information content (AvgIpc) is 3.24. The highest BCUT2D eigenvalue weighted by atomic mass is 32.2. The maximum Gasteiger partial charge on any atom is 0.240 e. The van der Waals surface area contributed by atoms with Crippen LogP contribution in [0.15, 0.2) is 77.3 Å². The van der Waals surface area contributed by atoms with E-state index >= 15 is 0 Å². The first-order valence-corrected chi connectivity index (χ1v) is 9.84. The van der Waals surface area contributed by atoms with E-state index in [0.29, 0.717) is 0 Å². The summed E-state index contributed by atoms with van der Waals surface area (Å²) in [7, 11) is -3.73. The Morgan fingerprint density at radius 3 is 2.20 bits per heavy atom. The molecule has 0 heterocycles. The lowest BCUT2D eigenvalue weighted by Gasteiger charge is -2.31. The molecule has 2 aliphatic rings. The number of hydrogen-bond donors (Lipinski definition) is 2. The first-order valence-electron chi connectivity index (χ1n) is 8.35. The van der Waals surface area contributed by atoms with Crippen LogP contribution in [-0.2, 0) is 10.0 Å². The van der Waals surface area contributed by atoms with Crippen LogP contribution in [0.4, 0.5) is 0 Å². The molecule has 0 aliphatic heterocycles. The number of nitrogens with one attached hydrogen (secondary N) is 1. The van der Waals surface area contributed by atoms with Crippen molar-refractivity contribution in [1.29, 1.82) is 0 Å². The minimum Gasteiger partial charge on any atom is -0.390 e. The summed E-state index contributed by atoms with van der Waals surface area (Å²) in [6.45, 7) is 3.86. The van der Waals surface area contributed by atoms with Crippen LogP contribution in [0.1, 0.15) is 12.5 Å². The summed E-state index contributed by atoms with van der Waals surface area (Å²) in [5, 5.41) is 10.9. The van der Waals surface area contributed by atoms with Gasteiger partial charge in [0.2, 0.25) is 10.0 Å². The Morgan fingerprint density at radius 2 is 1.64 bits per heavy atom. The molecule has 0 saturated carbocycles. The zero-order chi connectivity index (χ0) is 18.0. The van der Waals surface area contributed by atoms with E-state index in [1.165, 1.54) is 0 Å². The highest BCUT2D eigenvalue weighted by Gasteiger charge is 2.36. The average molecular weight is 357 g/mol. The molecule has 5 heteroatoms. The van der Waals surface area contributed by atoms with Crippen molar-refractivity contribution in [3.8, 4) is 0 Å². The molecule has 1 aromatic rings. The largest absolute Gasteiger partial charge is 0.390 e. The predicted molar refractivity (Wildman–Crippen MR) is 99.5 cm³/mol. The second kappa shape index (κ2) is 7.12. The lowest BCUT2D eigenvalue weighted by atomic mass is 9.86. The number of aryl methyl sites for hydroxylation is 1. The molecule has 3 rings (SSSR count). The Bertz CT molecular complexity index is 835. The lowest BCUT2D eigenvalue weighted by Crippen LogP contribution is -2.49. The summed E-state index contributed by atoms with van der Waals surface area (Å²) in [4.78, 5) is 0.205. The van der Waals surface area contributed by atoms with Gasteiger partial charge in [-0.25, -0.2) is 13.1 Å². The van der Waals surface area contributed by atoms with Crippen LogP contribution in [0.2, 0.25) is 0 Å². The number of sulfonamides is 1. The van der Waals surface area contributed by atoms with Gasteiger partial charge in [0.05, 0.1) is 17.0 Å². The van der Waals surface area contributed by atoms with Crippen molar-refractivity contribution < 1.29 is 13.5 Å². The fraction of sp³-hybridized carbons (Fsp3) is 0.300. The van der Waals surface area contributed by atoms with Crippen molar-refractivity contribution in [3.63, 3.8) is 0 Å². The molecule has 0 aromatic heterocycles. The molecule has 4 nitrogen and oxygen atoms in total. The molecule has 3 atom stereocenters. The monoisotopic (exact) mass is 357 g/mol. The van der Waals surface area contributed by atoms with Gasteiger partial charge >= 0.3 is 0 Å². The molecule has 0 saturated heterocycles. The molecule has 1 unspecified atom stereocenters. The van der Waals surface area contributed by atoms with Crippen molar-refractivity contribution in [2.24, 2.45) is 11.8 Å². The van der Waals surface area contributed by atoms with Crippen molar-refractivity contribution in [2.45, 2.75) is 30.9 Å². The maximum absolute atomic E-state index is 12.8. The number of aliphatic hydroxyl groups is 1. The standard InChI is InChI=1S/C20H23NO3S/c1-14-10-12-17(13-11-14)25(23,24)21-19(18-9-5-6-15(18)2)20(22)16-7-3-4-8-16/h3-13,16,18-22H,1-2H3/t18?,19-,20+/m0/s1. The zero-order valence-corrected chi connectivity index (χ0v) is 15.1. The van der Waals surface area contributed by atoms with Gasteiger partial charge in [0, 0.05) is 11.8 Å². The Balaban J connectivity index is 1.90. The smallest absolute Gasteiger partial charge is 0.240 e. The van der Waals surface area contributed by atoms with E-state index in [2.05, 4.69) is 4.72 Å². The second-order valence-corrected chi connectivity index (χ2v) is 8.33. The van der Waals surface area contributed by atoms with Gasteiger partial charge in [0.25, 0.3) is 0 Å². The minimum absolute atomic E-state index is 0.169. The molecular formula is C20H23NO3S. The van der Waals surface area contributed by atoms with Gasteiger partial charge in [-0.05, 0) is 26.0 Å². The van der Waals surface area contributed by atoms with Crippen LogP contribution in [-0.4, -0.2) is 25.7 Å². The molecule has 0 fully saturated rings. The van der Waals surface area contributed by atoms with Crippen molar-refractivity contribution in [3.05, 3.63) is 77.9 Å². The van der Waals surface area contributed by atoms with E-state index in [9.17, 15) is 13.5 Å². The van der Waals surface area contributed by atoms with Gasteiger partial charge in [0.1, 0.15) is 0 Å². The van der Waals surface area contributed by atoms with Crippen LogP contribution in [0.25, 0.3) is 0 Å². The normalized spacial score (nSPS) is 22.4. The number of rotatable bonds is 6. The fourth-order valence-electron chi connectivity index (χ4n) is 3.23. The Morgan fingerprint density at radius 1 is 1.00 bits per heavy atom. The van der Waals surface area contributed by atoms with Gasteiger partial charge in [-0.3, -0.25) is 0 Å². The summed E-state index contributed by atoms with van der Waals surface area (Å²) in [5.41, 5.74) is 2.02. The first kappa shape index (κ1) is 17.9. The Hall–Kier alpha value is -1.95. The number of aliphatic hydroxyl groups excluding tert-OH is 1. The summed E-state index contributed by atoms with van der Waals surface area (Å²) < 4.78 is 28.4. The van der Waals surface area contributed by atoms with E-state index < -0.39 is 22.2 Å². The maximum atomic E-state index is 12.8. The van der Waals surface area contributed by atoms with Gasteiger partial charge in [-0.1, -0.05) is 65.8 Å². The second-order valence-electron chi connectivity index (χ2n) is 6.62. The molecule has 0 radical (unpaired) electrons. The van der Waals surface area contributed by atoms with Gasteiger partial charge in [0.15, 0.2) is 0 Å². The summed E-state index contributed by atoms with van der Waals surface area (Å²) in [6, 6.07) is 6.07. The number of hydrogen-bond acceptors (Lipinski definition) is 3. The summed E-state index contributed by atoms with van der Waals surface area (Å²) in [6.07, 6.45) is 12.4. The molecular weight excluding hydrogens is 334 g/mol. The quantitative estimate of drug-likeness (QED) is 0.823. The van der Waals surface area contributed by atoms with Crippen molar-refractivity contribution in [1.82, 2.24) is 4.72 Å². The van der Waals surface area contributed by atoms with Crippen LogP contribution >= 0.6 is 0 Å². The van der Waals surface area contributed by atoms with Crippen LogP contribution in [0, 0.1) is 18.8 Å². The van der Waals surface area contributed by atoms with Crippen LogP contribution in [0.5, 0.6) is 0 Å². The SMILES string of the molecule is CC1=CC=CC1[C@H](NS(=O)(=O)c1ccc(C)cc1)[C@H](O)C1C=CC=C1. The van der Waals surface area contributed by atoms with E-state index in [0.717, 1.165) is 11.1 Å². The summed E-state index contributed by atoms with van der Waals surface area (Å²) >= 11 is 0. The van der Waals surface area contributed by atoms with Gasteiger partial charge < -0.3 is 5.11 Å². The third kappa shape index (κ3) is 3.84. The highest BCUT2D eigenvalue weighted by molar-refractivity contribution is 7.89. The zero-order valence-electron chi connectivity index (χ0n) is 14.3. The van der Waals surface area contributed by atoms with Crippen LogP contribution in [0.3, 0.4) is 0 Å². The topological polar surface area (TPSA) is 66.4 Å². The minimum atomic E-state index is -3.73. The lowest BCUT2D eigenvalue weighted by molar-refractivity contribution is 0.102. The van der Waals surface area contributed by atoms with Crippen molar-refractivity contribution >= 4 is 10.0 Å². The molecule has 0 spiro atoms. The molecule has 2 aliphatic carbocycles. The fourth-order valence-corrected chi connectivity index (χ4v) is 4.50. The number of allylic oxidation sites excluding steroid dienone is 4. The van der Waals surface area contributed by atoms with E-state index in [1.807, 2.05) is 56.4 Å². The summed E-state index contributed by atoms with van der Waals surface area (Å²) in [5.74, 6) is -0.370. The molecule has 1 aromatic carbocycles. The Labute approximate surface area is 149 Å². The molecule has 25 heavy (non-hydrogen) atoms. The Kier molecular flexibility index (Phi) is 5.08. The van der Waals surface area contributed by atoms with E-state index in [1.54, 1.807) is 24.3 Å². The number of benzene rings is 1. The molecule has 132 valence electrons. The highest BCUT2D eigenvalue weighted by Crippen LogP contribution is 2.29. The molecule has 0 bridgehead atoms. The molecule has 2 N–H and O–H groups in total. The predicted octanol–water partition coefficient (Wildman–Crippen LogP) is 2.88. The van der Waals surface area contributed by atoms with Crippen molar-refractivity contribution in [2.75, 3.05) is 0 Å². The van der Waals surface area contributed by atoms with Gasteiger partial charge in [-0.2, -0.15) is 0 Å². The van der Waals surface area contributed by atoms with E-state index in [-0.39, 0.29) is 16.7 Å². The van der Waals surface area contributed by atoms with Gasteiger partial charge in [-0.15, -0.1) is 0 Å². The third-order valence-electron chi connectivity index (χ3n) is 4.75. The molecule has 0 amide bonds.